The molecule has 92 valence electrons. The minimum absolute atomic E-state index is 0.0770. The number of hydrogen-bond acceptors (Lipinski definition) is 3. The SMILES string of the molecule is [C-]#[N+]/C(C#N)=N/OCc1cccc(C(C)(C)C)c1. The Balaban J connectivity index is 2.74. The molecule has 4 nitrogen and oxygen atoms in total. The Bertz CT molecular complexity index is 511. The molecule has 0 aliphatic heterocycles. The van der Waals surface area contributed by atoms with Crippen molar-refractivity contribution >= 4 is 5.84 Å². The number of nitriles is 1. The fourth-order valence-electron chi connectivity index (χ4n) is 1.36. The van der Waals surface area contributed by atoms with E-state index in [2.05, 4.69) is 36.8 Å². The van der Waals surface area contributed by atoms with Crippen LogP contribution < -0.4 is 0 Å². The van der Waals surface area contributed by atoms with Crippen LogP contribution in [0.25, 0.3) is 4.85 Å². The minimum atomic E-state index is -0.290. The van der Waals surface area contributed by atoms with Crippen molar-refractivity contribution in [3.63, 3.8) is 0 Å². The summed E-state index contributed by atoms with van der Waals surface area (Å²) in [7, 11) is 0. The third-order valence-corrected chi connectivity index (χ3v) is 2.38. The molecule has 1 aromatic rings. The van der Waals surface area contributed by atoms with Crippen molar-refractivity contribution in [1.82, 2.24) is 0 Å². The molecule has 1 aromatic carbocycles. The number of rotatable bonds is 3. The van der Waals surface area contributed by atoms with Crippen LogP contribution >= 0.6 is 0 Å². The van der Waals surface area contributed by atoms with Gasteiger partial charge in [-0.3, -0.25) is 0 Å². The Labute approximate surface area is 107 Å². The number of nitrogens with zero attached hydrogens (tertiary/aromatic N) is 3. The first kappa shape index (κ1) is 13.7. The molecular formula is C14H15N3O. The van der Waals surface area contributed by atoms with Gasteiger partial charge in [0.25, 0.3) is 0 Å². The summed E-state index contributed by atoms with van der Waals surface area (Å²) in [4.78, 5) is 7.89. The molecule has 0 radical (unpaired) electrons. The van der Waals surface area contributed by atoms with Gasteiger partial charge in [-0.05, 0) is 16.5 Å². The predicted octanol–water partition coefficient (Wildman–Crippen LogP) is 3.26. The summed E-state index contributed by atoms with van der Waals surface area (Å²) in [6.07, 6.45) is 0. The number of benzene rings is 1. The summed E-state index contributed by atoms with van der Waals surface area (Å²) in [5.74, 6) is -0.290. The van der Waals surface area contributed by atoms with Crippen molar-refractivity contribution in [3.05, 3.63) is 46.8 Å². The van der Waals surface area contributed by atoms with Crippen LogP contribution in [0.3, 0.4) is 0 Å². The van der Waals surface area contributed by atoms with Gasteiger partial charge in [-0.25, -0.2) is 5.26 Å². The van der Waals surface area contributed by atoms with Gasteiger partial charge in [0, 0.05) is 0 Å². The largest absolute Gasteiger partial charge is 0.392 e. The van der Waals surface area contributed by atoms with Gasteiger partial charge in [0.15, 0.2) is 6.61 Å². The van der Waals surface area contributed by atoms with Gasteiger partial charge in [-0.1, -0.05) is 51.6 Å². The maximum atomic E-state index is 8.50. The molecule has 0 amide bonds. The van der Waals surface area contributed by atoms with Gasteiger partial charge >= 0.3 is 5.84 Å². The molecule has 0 aromatic heterocycles. The molecule has 0 atom stereocenters. The van der Waals surface area contributed by atoms with Crippen LogP contribution in [0.2, 0.25) is 0 Å². The lowest BCUT2D eigenvalue weighted by Gasteiger charge is -2.19. The highest BCUT2D eigenvalue weighted by atomic mass is 16.6. The predicted molar refractivity (Wildman–Crippen MR) is 69.6 cm³/mol. The Kier molecular flexibility index (Phi) is 4.45. The first-order valence-electron chi connectivity index (χ1n) is 5.54. The van der Waals surface area contributed by atoms with E-state index in [1.807, 2.05) is 18.2 Å². The molecule has 4 heteroatoms. The molecule has 1 rings (SSSR count). The second-order valence-electron chi connectivity index (χ2n) is 4.86. The second kappa shape index (κ2) is 5.84. The fourth-order valence-corrected chi connectivity index (χ4v) is 1.36. The van der Waals surface area contributed by atoms with Gasteiger partial charge < -0.3 is 9.68 Å². The number of oxime groups is 1. The van der Waals surface area contributed by atoms with Gasteiger partial charge in [0.1, 0.15) is 6.07 Å². The molecule has 0 aliphatic carbocycles. The summed E-state index contributed by atoms with van der Waals surface area (Å²) >= 11 is 0. The summed E-state index contributed by atoms with van der Waals surface area (Å²) in [6, 6.07) is 9.63. The number of hydrogen-bond donors (Lipinski definition) is 0. The van der Waals surface area contributed by atoms with E-state index in [1.165, 1.54) is 5.56 Å². The molecule has 0 heterocycles. The zero-order valence-corrected chi connectivity index (χ0v) is 10.8. The number of amidine groups is 1. The van der Waals surface area contributed by atoms with E-state index in [4.69, 9.17) is 16.7 Å². The van der Waals surface area contributed by atoms with E-state index in [1.54, 1.807) is 6.07 Å². The molecule has 0 saturated heterocycles. The Morgan fingerprint density at radius 3 is 2.78 bits per heavy atom. The molecular weight excluding hydrogens is 226 g/mol. The van der Waals surface area contributed by atoms with E-state index >= 15 is 0 Å². The fraction of sp³-hybridized carbons (Fsp3) is 0.357. The van der Waals surface area contributed by atoms with Crippen molar-refractivity contribution < 1.29 is 4.84 Å². The molecule has 0 unspecified atom stereocenters. The average molecular weight is 241 g/mol. The van der Waals surface area contributed by atoms with E-state index in [0.29, 0.717) is 0 Å². The minimum Gasteiger partial charge on any atom is -0.348 e. The molecule has 18 heavy (non-hydrogen) atoms. The molecule has 0 aliphatic rings. The summed E-state index contributed by atoms with van der Waals surface area (Å²) in [6.45, 7) is 13.3. The topological polar surface area (TPSA) is 49.7 Å². The van der Waals surface area contributed by atoms with E-state index in [0.717, 1.165) is 5.56 Å². The van der Waals surface area contributed by atoms with Crippen LogP contribution in [0.4, 0.5) is 0 Å². The highest BCUT2D eigenvalue weighted by Gasteiger charge is 2.13. The Morgan fingerprint density at radius 1 is 1.50 bits per heavy atom. The zero-order chi connectivity index (χ0) is 13.6. The molecule has 0 bridgehead atoms. The van der Waals surface area contributed by atoms with Gasteiger partial charge in [0.05, 0.1) is 5.16 Å². The summed E-state index contributed by atoms with van der Waals surface area (Å²) < 4.78 is 0. The molecule has 0 N–H and O–H groups in total. The highest BCUT2D eigenvalue weighted by Crippen LogP contribution is 2.22. The van der Waals surface area contributed by atoms with Crippen LogP contribution in [0, 0.1) is 17.9 Å². The van der Waals surface area contributed by atoms with Crippen LogP contribution in [0.5, 0.6) is 0 Å². The maximum Gasteiger partial charge on any atom is 0.392 e. The zero-order valence-electron chi connectivity index (χ0n) is 10.8. The monoisotopic (exact) mass is 241 g/mol. The Morgan fingerprint density at radius 2 is 2.22 bits per heavy atom. The first-order chi connectivity index (χ1) is 8.47. The van der Waals surface area contributed by atoms with Gasteiger partial charge in [-0.2, -0.15) is 0 Å². The van der Waals surface area contributed by atoms with Crippen LogP contribution in [0.1, 0.15) is 31.9 Å². The summed E-state index contributed by atoms with van der Waals surface area (Å²) in [5.41, 5.74) is 2.25. The van der Waals surface area contributed by atoms with Crippen molar-refractivity contribution in [1.29, 1.82) is 5.26 Å². The Hall–Kier alpha value is -2.33. The van der Waals surface area contributed by atoms with Crippen molar-refractivity contribution in [2.75, 3.05) is 0 Å². The maximum absolute atomic E-state index is 8.50. The van der Waals surface area contributed by atoms with E-state index in [-0.39, 0.29) is 17.9 Å². The van der Waals surface area contributed by atoms with Gasteiger partial charge in [-0.15, -0.1) is 0 Å². The van der Waals surface area contributed by atoms with E-state index < -0.39 is 0 Å². The van der Waals surface area contributed by atoms with E-state index in [9.17, 15) is 0 Å². The second-order valence-corrected chi connectivity index (χ2v) is 4.86. The first-order valence-corrected chi connectivity index (χ1v) is 5.54. The quantitative estimate of drug-likeness (QED) is 0.353. The van der Waals surface area contributed by atoms with Crippen molar-refractivity contribution in [2.24, 2.45) is 5.16 Å². The average Bonchev–Trinajstić information content (AvgIpc) is 2.34. The normalized spacial score (nSPS) is 11.5. The lowest BCUT2D eigenvalue weighted by molar-refractivity contribution is 0.131. The third kappa shape index (κ3) is 3.92. The van der Waals surface area contributed by atoms with Crippen molar-refractivity contribution in [2.45, 2.75) is 32.8 Å². The standard InChI is InChI=1S/C14H15N3O/c1-14(2,3)12-7-5-6-11(8-12)10-18-17-13(9-15)16-4/h5-8H,10H2,1-3H3/b17-13+. The lowest BCUT2D eigenvalue weighted by Crippen LogP contribution is -2.11. The van der Waals surface area contributed by atoms with Crippen LogP contribution in [0.15, 0.2) is 29.4 Å². The molecule has 0 fully saturated rings. The summed E-state index contributed by atoms with van der Waals surface area (Å²) in [5, 5.41) is 11.9. The van der Waals surface area contributed by atoms with Crippen LogP contribution in [-0.2, 0) is 16.9 Å². The third-order valence-electron chi connectivity index (χ3n) is 2.38. The van der Waals surface area contributed by atoms with Crippen molar-refractivity contribution in [3.8, 4) is 6.07 Å². The molecule has 0 spiro atoms. The van der Waals surface area contributed by atoms with Gasteiger partial charge in [0.2, 0.25) is 0 Å². The highest BCUT2D eigenvalue weighted by molar-refractivity contribution is 6.03. The smallest absolute Gasteiger partial charge is 0.348 e. The molecule has 0 saturated carbocycles. The lowest BCUT2D eigenvalue weighted by atomic mass is 9.86. The van der Waals surface area contributed by atoms with Crippen LogP contribution in [-0.4, -0.2) is 5.84 Å².